The van der Waals surface area contributed by atoms with Crippen molar-refractivity contribution in [1.82, 2.24) is 19.6 Å². The standard InChI is InChI=1S/C25H20ClFN4O3/c26-20-15-17(27)8-9-19(20)24(32)29-10-12-30(13-11-29)25(33)22-16-21(23-7-4-14-34-23)28-31(22)18-5-2-1-3-6-18/h1-9,14-16H,10-13H2. The van der Waals surface area contributed by atoms with Crippen LogP contribution in [-0.4, -0.2) is 57.6 Å². The third-order valence-electron chi connectivity index (χ3n) is 5.72. The van der Waals surface area contributed by atoms with E-state index in [1.54, 1.807) is 38.9 Å². The Labute approximate surface area is 199 Å². The van der Waals surface area contributed by atoms with Gasteiger partial charge in [0.1, 0.15) is 17.2 Å². The van der Waals surface area contributed by atoms with Crippen molar-refractivity contribution in [1.29, 1.82) is 0 Å². The molecule has 4 aromatic rings. The molecule has 0 bridgehead atoms. The topological polar surface area (TPSA) is 71.6 Å². The second-order valence-corrected chi connectivity index (χ2v) is 8.26. The van der Waals surface area contributed by atoms with E-state index in [2.05, 4.69) is 5.10 Å². The Balaban J connectivity index is 1.36. The van der Waals surface area contributed by atoms with Crippen molar-refractivity contribution >= 4 is 23.4 Å². The van der Waals surface area contributed by atoms with Gasteiger partial charge in [-0.05, 0) is 42.5 Å². The van der Waals surface area contributed by atoms with E-state index in [1.807, 2.05) is 30.3 Å². The molecule has 5 rings (SSSR count). The number of hydrogen-bond donors (Lipinski definition) is 0. The lowest BCUT2D eigenvalue weighted by Gasteiger charge is -2.35. The van der Waals surface area contributed by atoms with Crippen molar-refractivity contribution in [2.45, 2.75) is 0 Å². The monoisotopic (exact) mass is 478 g/mol. The van der Waals surface area contributed by atoms with E-state index in [0.717, 1.165) is 11.8 Å². The first-order valence-electron chi connectivity index (χ1n) is 10.7. The predicted octanol–water partition coefficient (Wildman–Crippen LogP) is 4.52. The molecule has 1 fully saturated rings. The maximum absolute atomic E-state index is 13.5. The van der Waals surface area contributed by atoms with Gasteiger partial charge in [0.25, 0.3) is 11.8 Å². The van der Waals surface area contributed by atoms with Crippen molar-refractivity contribution in [3.63, 3.8) is 0 Å². The van der Waals surface area contributed by atoms with Crippen LogP contribution in [0.25, 0.3) is 17.1 Å². The molecule has 2 amide bonds. The van der Waals surface area contributed by atoms with Gasteiger partial charge < -0.3 is 14.2 Å². The first kappa shape index (κ1) is 21.9. The second kappa shape index (κ2) is 9.15. The lowest BCUT2D eigenvalue weighted by Crippen LogP contribution is -2.51. The highest BCUT2D eigenvalue weighted by Gasteiger charge is 2.29. The third kappa shape index (κ3) is 4.20. The Morgan fingerprint density at radius 2 is 1.59 bits per heavy atom. The fourth-order valence-electron chi connectivity index (χ4n) is 3.95. The Bertz CT molecular complexity index is 1330. The molecular formula is C25H20ClFN4O3. The van der Waals surface area contributed by atoms with Crippen LogP contribution in [0.5, 0.6) is 0 Å². The highest BCUT2D eigenvalue weighted by atomic mass is 35.5. The molecule has 34 heavy (non-hydrogen) atoms. The molecule has 172 valence electrons. The molecule has 0 radical (unpaired) electrons. The van der Waals surface area contributed by atoms with Gasteiger partial charge in [0.15, 0.2) is 5.76 Å². The number of piperazine rings is 1. The summed E-state index contributed by atoms with van der Waals surface area (Å²) in [4.78, 5) is 29.6. The van der Waals surface area contributed by atoms with Gasteiger partial charge in [0.2, 0.25) is 0 Å². The highest BCUT2D eigenvalue weighted by Crippen LogP contribution is 2.24. The van der Waals surface area contributed by atoms with E-state index < -0.39 is 5.82 Å². The molecule has 0 spiro atoms. The van der Waals surface area contributed by atoms with Crippen LogP contribution in [0.1, 0.15) is 20.8 Å². The predicted molar refractivity (Wildman–Crippen MR) is 124 cm³/mol. The number of aromatic nitrogens is 2. The molecule has 0 unspecified atom stereocenters. The normalized spacial score (nSPS) is 13.8. The van der Waals surface area contributed by atoms with Crippen LogP contribution < -0.4 is 0 Å². The van der Waals surface area contributed by atoms with Crippen molar-refractivity contribution in [3.8, 4) is 17.1 Å². The maximum Gasteiger partial charge on any atom is 0.272 e. The number of hydrogen-bond acceptors (Lipinski definition) is 4. The molecule has 2 aromatic heterocycles. The summed E-state index contributed by atoms with van der Waals surface area (Å²) in [5, 5.41) is 4.67. The summed E-state index contributed by atoms with van der Waals surface area (Å²) in [5.74, 6) is -0.413. The minimum Gasteiger partial charge on any atom is -0.463 e. The molecule has 9 heteroatoms. The summed E-state index contributed by atoms with van der Waals surface area (Å²) in [5.41, 5.74) is 1.95. The molecule has 0 saturated carbocycles. The number of carbonyl (C=O) groups excluding carboxylic acids is 2. The van der Waals surface area contributed by atoms with E-state index in [1.165, 1.54) is 12.1 Å². The van der Waals surface area contributed by atoms with Crippen molar-refractivity contribution in [2.24, 2.45) is 0 Å². The number of furan rings is 1. The Kier molecular flexibility index (Phi) is 5.90. The summed E-state index contributed by atoms with van der Waals surface area (Å²) in [7, 11) is 0. The van der Waals surface area contributed by atoms with Crippen LogP contribution in [0.3, 0.4) is 0 Å². The van der Waals surface area contributed by atoms with Gasteiger partial charge in [-0.15, -0.1) is 0 Å². The fraction of sp³-hybridized carbons (Fsp3) is 0.160. The SMILES string of the molecule is O=C(c1ccc(F)cc1Cl)N1CCN(C(=O)c2cc(-c3ccco3)nn2-c2ccccc2)CC1. The number of benzene rings is 2. The minimum atomic E-state index is -0.499. The van der Waals surface area contributed by atoms with Gasteiger partial charge in [-0.25, -0.2) is 9.07 Å². The number of rotatable bonds is 4. The van der Waals surface area contributed by atoms with E-state index >= 15 is 0 Å². The Hall–Kier alpha value is -3.91. The van der Waals surface area contributed by atoms with Gasteiger partial charge in [0.05, 0.1) is 22.5 Å². The zero-order valence-electron chi connectivity index (χ0n) is 18.0. The van der Waals surface area contributed by atoms with E-state index in [0.29, 0.717) is 43.3 Å². The molecule has 3 heterocycles. The largest absolute Gasteiger partial charge is 0.463 e. The quantitative estimate of drug-likeness (QED) is 0.432. The lowest BCUT2D eigenvalue weighted by atomic mass is 10.1. The third-order valence-corrected chi connectivity index (χ3v) is 6.03. The maximum atomic E-state index is 13.5. The molecule has 1 aliphatic heterocycles. The van der Waals surface area contributed by atoms with Gasteiger partial charge in [-0.1, -0.05) is 29.8 Å². The molecule has 0 atom stereocenters. The number of carbonyl (C=O) groups is 2. The summed E-state index contributed by atoms with van der Waals surface area (Å²) in [6.45, 7) is 1.37. The summed E-state index contributed by atoms with van der Waals surface area (Å²) in [6.07, 6.45) is 1.56. The van der Waals surface area contributed by atoms with Crippen molar-refractivity contribution in [3.05, 3.63) is 95.1 Å². The summed E-state index contributed by atoms with van der Waals surface area (Å²) < 4.78 is 20.4. The number of nitrogens with zero attached hydrogens (tertiary/aromatic N) is 4. The second-order valence-electron chi connectivity index (χ2n) is 7.85. The Morgan fingerprint density at radius 3 is 2.24 bits per heavy atom. The Morgan fingerprint density at radius 1 is 0.882 bits per heavy atom. The molecule has 1 aliphatic rings. The van der Waals surface area contributed by atoms with Crippen molar-refractivity contribution < 1.29 is 18.4 Å². The zero-order chi connectivity index (χ0) is 23.7. The zero-order valence-corrected chi connectivity index (χ0v) is 18.8. The van der Waals surface area contributed by atoms with E-state index in [4.69, 9.17) is 16.0 Å². The molecular weight excluding hydrogens is 459 g/mol. The number of para-hydroxylation sites is 1. The number of amides is 2. The summed E-state index contributed by atoms with van der Waals surface area (Å²) in [6, 6.07) is 18.4. The lowest BCUT2D eigenvalue weighted by molar-refractivity contribution is 0.0530. The number of halogens is 2. The van der Waals surface area contributed by atoms with Crippen molar-refractivity contribution in [2.75, 3.05) is 26.2 Å². The van der Waals surface area contributed by atoms with Crippen LogP contribution in [-0.2, 0) is 0 Å². The molecule has 7 nitrogen and oxygen atoms in total. The minimum absolute atomic E-state index is 0.0701. The molecule has 0 aliphatic carbocycles. The molecule has 1 saturated heterocycles. The van der Waals surface area contributed by atoms with E-state index in [9.17, 15) is 14.0 Å². The first-order valence-corrected chi connectivity index (χ1v) is 11.1. The van der Waals surface area contributed by atoms with Gasteiger partial charge in [0, 0.05) is 32.2 Å². The van der Waals surface area contributed by atoms with Crippen LogP contribution in [0.2, 0.25) is 5.02 Å². The summed E-state index contributed by atoms with van der Waals surface area (Å²) >= 11 is 6.05. The molecule has 2 aromatic carbocycles. The first-order chi connectivity index (χ1) is 16.5. The average molecular weight is 479 g/mol. The average Bonchev–Trinajstić information content (AvgIpc) is 3.54. The van der Waals surface area contributed by atoms with Gasteiger partial charge >= 0.3 is 0 Å². The van der Waals surface area contributed by atoms with Crippen LogP contribution in [0.15, 0.2) is 77.4 Å². The van der Waals surface area contributed by atoms with Crippen LogP contribution >= 0.6 is 11.6 Å². The smallest absolute Gasteiger partial charge is 0.272 e. The van der Waals surface area contributed by atoms with E-state index in [-0.39, 0.29) is 22.4 Å². The fourth-order valence-corrected chi connectivity index (χ4v) is 4.20. The van der Waals surface area contributed by atoms with Gasteiger partial charge in [-0.2, -0.15) is 5.10 Å². The van der Waals surface area contributed by atoms with Gasteiger partial charge in [-0.3, -0.25) is 9.59 Å². The van der Waals surface area contributed by atoms with Crippen LogP contribution in [0, 0.1) is 5.82 Å². The van der Waals surface area contributed by atoms with Crippen LogP contribution in [0.4, 0.5) is 4.39 Å². The molecule has 0 N–H and O–H groups in total. The highest BCUT2D eigenvalue weighted by molar-refractivity contribution is 6.33.